The van der Waals surface area contributed by atoms with Crippen molar-refractivity contribution < 1.29 is 50.9 Å². The number of ether oxygens (including phenoxy) is 4. The maximum atomic E-state index is 14.5. The second kappa shape index (κ2) is 15.7. The lowest BCUT2D eigenvalue weighted by Crippen LogP contribution is -2.52. The summed E-state index contributed by atoms with van der Waals surface area (Å²) in [5, 5.41) is 0. The first-order valence-corrected chi connectivity index (χ1v) is 16.3. The average Bonchev–Trinajstić information content (AvgIpc) is 3.03. The zero-order chi connectivity index (χ0) is 38.5. The van der Waals surface area contributed by atoms with E-state index in [0.717, 1.165) is 24.3 Å². The highest BCUT2D eigenvalue weighted by atomic mass is 19.1. The molecule has 11 nitrogen and oxygen atoms in total. The molecular formula is C36H46F4N4O7. The van der Waals surface area contributed by atoms with Gasteiger partial charge in [0.1, 0.15) is 51.5 Å². The lowest BCUT2D eigenvalue weighted by molar-refractivity contribution is -0.125. The molecule has 0 aromatic heterocycles. The number of carbonyl (C=O) groups is 3. The molecule has 2 heterocycles. The predicted octanol–water partition coefficient (Wildman–Crippen LogP) is 6.85. The molecule has 0 aliphatic carbocycles. The van der Waals surface area contributed by atoms with Crippen molar-refractivity contribution in [2.75, 3.05) is 40.4 Å². The summed E-state index contributed by atoms with van der Waals surface area (Å²) in [6.07, 6.45) is -0.747. The molecule has 2 saturated heterocycles. The minimum Gasteiger partial charge on any atom is -0.497 e. The Kier molecular flexibility index (Phi) is 12.5. The SMILES string of the molecule is COc1cc(F)c(C2(C(N)=O)CCN(C(=O)OC(C)(C)C)CC2)c(F)c1.[C-]#[N+]C1(c2c(F)cc(OC)cc2F)CCN(C(=O)OC(C)(C)C)CC1. The van der Waals surface area contributed by atoms with Crippen LogP contribution < -0.4 is 15.2 Å². The van der Waals surface area contributed by atoms with Gasteiger partial charge in [0.15, 0.2) is 0 Å². The molecule has 4 rings (SSSR count). The van der Waals surface area contributed by atoms with Crippen molar-refractivity contribution in [3.8, 4) is 11.5 Å². The number of nitrogens with zero attached hydrogens (tertiary/aromatic N) is 3. The first-order chi connectivity index (χ1) is 23.6. The summed E-state index contributed by atoms with van der Waals surface area (Å²) in [5.74, 6) is -4.17. The highest BCUT2D eigenvalue weighted by molar-refractivity contribution is 5.87. The number of amides is 3. The van der Waals surface area contributed by atoms with Crippen molar-refractivity contribution in [2.24, 2.45) is 5.73 Å². The van der Waals surface area contributed by atoms with Gasteiger partial charge in [-0.1, -0.05) is 0 Å². The number of methoxy groups -OCH3 is 2. The summed E-state index contributed by atoms with van der Waals surface area (Å²) in [6, 6.07) is 4.18. The third-order valence-electron chi connectivity index (χ3n) is 8.64. The molecule has 2 aliphatic rings. The Hall–Kier alpha value is -4.74. The molecule has 2 aliphatic heterocycles. The Morgan fingerprint density at radius 3 is 1.31 bits per heavy atom. The second-order valence-electron chi connectivity index (χ2n) is 14.5. The molecule has 0 saturated carbocycles. The minimum atomic E-state index is -1.53. The maximum Gasteiger partial charge on any atom is 0.410 e. The van der Waals surface area contributed by atoms with Crippen LogP contribution in [0.2, 0.25) is 0 Å². The number of likely N-dealkylation sites (tertiary alicyclic amines) is 2. The van der Waals surface area contributed by atoms with Gasteiger partial charge in [-0.2, -0.15) is 0 Å². The molecule has 51 heavy (non-hydrogen) atoms. The van der Waals surface area contributed by atoms with Crippen molar-refractivity contribution in [3.05, 3.63) is 70.1 Å². The van der Waals surface area contributed by atoms with Crippen molar-refractivity contribution in [3.63, 3.8) is 0 Å². The maximum absolute atomic E-state index is 14.5. The van der Waals surface area contributed by atoms with Crippen LogP contribution in [-0.2, 0) is 25.2 Å². The van der Waals surface area contributed by atoms with Crippen LogP contribution in [0.1, 0.15) is 78.4 Å². The fourth-order valence-electron chi connectivity index (χ4n) is 6.06. The topological polar surface area (TPSA) is 125 Å². The van der Waals surface area contributed by atoms with E-state index in [9.17, 15) is 31.9 Å². The molecule has 0 unspecified atom stereocenters. The Balaban J connectivity index is 0.000000276. The van der Waals surface area contributed by atoms with Crippen molar-refractivity contribution in [2.45, 2.75) is 89.4 Å². The quantitative estimate of drug-likeness (QED) is 0.265. The number of rotatable bonds is 5. The first kappa shape index (κ1) is 40.7. The summed E-state index contributed by atoms with van der Waals surface area (Å²) >= 11 is 0. The van der Waals surface area contributed by atoms with Crippen LogP contribution in [0.4, 0.5) is 27.2 Å². The monoisotopic (exact) mass is 722 g/mol. The van der Waals surface area contributed by atoms with Gasteiger partial charge in [-0.15, -0.1) is 0 Å². The number of nitrogens with two attached hydrogens (primary N) is 1. The van der Waals surface area contributed by atoms with Crippen LogP contribution in [0.25, 0.3) is 4.85 Å². The van der Waals surface area contributed by atoms with Crippen molar-refractivity contribution >= 4 is 18.1 Å². The van der Waals surface area contributed by atoms with Crippen LogP contribution in [0.5, 0.6) is 11.5 Å². The average molecular weight is 723 g/mol. The Bertz CT molecular complexity index is 1600. The Labute approximate surface area is 295 Å². The van der Waals surface area contributed by atoms with E-state index in [-0.39, 0.29) is 74.5 Å². The smallest absolute Gasteiger partial charge is 0.410 e. The van der Waals surface area contributed by atoms with E-state index in [0.29, 0.717) is 0 Å². The van der Waals surface area contributed by atoms with E-state index in [4.69, 9.17) is 31.3 Å². The van der Waals surface area contributed by atoms with Gasteiger partial charge in [-0.05, 0) is 54.4 Å². The molecule has 2 aromatic carbocycles. The summed E-state index contributed by atoms with van der Waals surface area (Å²) in [5.41, 5.74) is 0.739. The van der Waals surface area contributed by atoms with Crippen molar-refractivity contribution in [1.29, 1.82) is 0 Å². The van der Waals surface area contributed by atoms with E-state index >= 15 is 0 Å². The summed E-state index contributed by atoms with van der Waals surface area (Å²) in [7, 11) is 2.61. The fraction of sp³-hybridized carbons (Fsp3) is 0.556. The summed E-state index contributed by atoms with van der Waals surface area (Å²) in [4.78, 5) is 42.9. The zero-order valence-corrected chi connectivity index (χ0v) is 30.3. The number of hydrogen-bond acceptors (Lipinski definition) is 7. The Morgan fingerprint density at radius 1 is 0.686 bits per heavy atom. The van der Waals surface area contributed by atoms with E-state index in [1.165, 1.54) is 24.0 Å². The largest absolute Gasteiger partial charge is 0.497 e. The van der Waals surface area contributed by atoms with Gasteiger partial charge in [-0.3, -0.25) is 4.79 Å². The normalized spacial score (nSPS) is 16.9. The van der Waals surface area contributed by atoms with Gasteiger partial charge < -0.3 is 39.3 Å². The van der Waals surface area contributed by atoms with Crippen LogP contribution in [0.15, 0.2) is 24.3 Å². The van der Waals surface area contributed by atoms with Gasteiger partial charge in [0.25, 0.3) is 5.54 Å². The van der Waals surface area contributed by atoms with E-state index in [2.05, 4.69) is 4.85 Å². The van der Waals surface area contributed by atoms with Gasteiger partial charge in [0, 0.05) is 68.8 Å². The van der Waals surface area contributed by atoms with Crippen LogP contribution in [0, 0.1) is 29.8 Å². The molecule has 2 fully saturated rings. The molecule has 0 bridgehead atoms. The molecule has 2 aromatic rings. The zero-order valence-electron chi connectivity index (χ0n) is 30.3. The lowest BCUT2D eigenvalue weighted by Gasteiger charge is -2.40. The molecule has 280 valence electrons. The number of benzene rings is 2. The van der Waals surface area contributed by atoms with E-state index in [1.54, 1.807) is 41.5 Å². The third-order valence-corrected chi connectivity index (χ3v) is 8.64. The van der Waals surface area contributed by atoms with Gasteiger partial charge >= 0.3 is 12.2 Å². The lowest BCUT2D eigenvalue weighted by atomic mass is 9.71. The van der Waals surface area contributed by atoms with E-state index in [1.807, 2.05) is 0 Å². The molecule has 0 radical (unpaired) electrons. The number of carbonyl (C=O) groups excluding carboxylic acids is 3. The van der Waals surface area contributed by atoms with Crippen LogP contribution in [0.3, 0.4) is 0 Å². The fourth-order valence-corrected chi connectivity index (χ4v) is 6.06. The molecule has 0 atom stereocenters. The van der Waals surface area contributed by atoms with Gasteiger partial charge in [0.2, 0.25) is 5.91 Å². The standard InChI is InChI=1S/C18H24F2N2O4.C18H22F2N2O3/c1-17(2,3)26-16(24)22-7-5-18(6-8-22,15(21)23)14-12(19)9-11(25-4)10-13(14)20;1-17(2,3)25-16(23)22-8-6-18(21-4,7-9-22)15-13(19)10-12(24-5)11-14(15)20/h9-10H,5-8H2,1-4H3,(H2,21,23);10-11H,6-9H2,1-3,5H3. The van der Waals surface area contributed by atoms with Gasteiger partial charge in [0.05, 0.1) is 19.6 Å². The number of piperidine rings is 2. The van der Waals surface area contributed by atoms with Crippen LogP contribution >= 0.6 is 0 Å². The summed E-state index contributed by atoms with van der Waals surface area (Å²) < 4.78 is 78.2. The number of primary amides is 1. The molecule has 15 heteroatoms. The summed E-state index contributed by atoms with van der Waals surface area (Å²) in [6.45, 7) is 18.6. The molecule has 3 amide bonds. The highest BCUT2D eigenvalue weighted by Gasteiger charge is 2.49. The predicted molar refractivity (Wildman–Crippen MR) is 179 cm³/mol. The highest BCUT2D eigenvalue weighted by Crippen LogP contribution is 2.42. The molecular weight excluding hydrogens is 676 g/mol. The van der Waals surface area contributed by atoms with Crippen LogP contribution in [-0.4, -0.2) is 79.5 Å². The van der Waals surface area contributed by atoms with E-state index < -0.39 is 63.5 Å². The molecule has 2 N–H and O–H groups in total. The number of halogens is 4. The Morgan fingerprint density at radius 2 is 1.02 bits per heavy atom. The van der Waals surface area contributed by atoms with Crippen molar-refractivity contribution in [1.82, 2.24) is 9.80 Å². The molecule has 0 spiro atoms. The first-order valence-electron chi connectivity index (χ1n) is 16.3. The van der Waals surface area contributed by atoms with Gasteiger partial charge in [-0.25, -0.2) is 33.7 Å². The number of hydrogen-bond donors (Lipinski definition) is 1. The second-order valence-corrected chi connectivity index (χ2v) is 14.5. The minimum absolute atomic E-state index is 0.00173. The third kappa shape index (κ3) is 9.53.